The van der Waals surface area contributed by atoms with Gasteiger partial charge in [-0.15, -0.1) is 0 Å². The fraction of sp³-hybridized carbons (Fsp3) is 0.138. The van der Waals surface area contributed by atoms with Crippen molar-refractivity contribution in [2.45, 2.75) is 25.8 Å². The van der Waals surface area contributed by atoms with Crippen LogP contribution in [0.4, 0.5) is 5.69 Å². The van der Waals surface area contributed by atoms with Crippen molar-refractivity contribution in [3.63, 3.8) is 0 Å². The van der Waals surface area contributed by atoms with Crippen LogP contribution >= 0.6 is 28.1 Å². The lowest BCUT2D eigenvalue weighted by Gasteiger charge is -2.12. The maximum absolute atomic E-state index is 6.07. The molecule has 0 spiro atoms. The second kappa shape index (κ2) is 8.90. The highest BCUT2D eigenvalue weighted by Crippen LogP contribution is 2.40. The highest BCUT2D eigenvalue weighted by molar-refractivity contribution is 9.10. The lowest BCUT2D eigenvalue weighted by atomic mass is 9.98. The van der Waals surface area contributed by atoms with Crippen LogP contribution in [0.5, 0.6) is 0 Å². The molecule has 5 aromatic rings. The van der Waals surface area contributed by atoms with Crippen molar-refractivity contribution in [2.24, 2.45) is 0 Å². The van der Waals surface area contributed by atoms with Gasteiger partial charge in [0.15, 0.2) is 0 Å². The summed E-state index contributed by atoms with van der Waals surface area (Å²) in [5.41, 5.74) is 9.63. The number of anilines is 1. The van der Waals surface area contributed by atoms with E-state index in [4.69, 9.17) is 12.2 Å². The number of aromatic nitrogens is 2. The third kappa shape index (κ3) is 3.69. The number of hydrogen-bond acceptors (Lipinski definition) is 1. The summed E-state index contributed by atoms with van der Waals surface area (Å²) in [6.07, 6.45) is 5.65. The maximum atomic E-state index is 6.07. The molecule has 5 heteroatoms. The quantitative estimate of drug-likeness (QED) is 0.240. The second-order valence-corrected chi connectivity index (χ2v) is 10.0. The minimum atomic E-state index is 0.742. The van der Waals surface area contributed by atoms with Gasteiger partial charge in [-0.2, -0.15) is 0 Å². The molecule has 0 fully saturated rings. The van der Waals surface area contributed by atoms with Crippen molar-refractivity contribution in [3.8, 4) is 22.4 Å². The van der Waals surface area contributed by atoms with Gasteiger partial charge in [0.1, 0.15) is 10.6 Å². The predicted octanol–water partition coefficient (Wildman–Crippen LogP) is 7.96. The number of nitrogens with zero attached hydrogens (tertiary/aromatic N) is 2. The Kier molecular flexibility index (Phi) is 5.60. The van der Waals surface area contributed by atoms with Gasteiger partial charge in [0.05, 0.1) is 11.4 Å². The summed E-state index contributed by atoms with van der Waals surface area (Å²) in [4.78, 5) is 0.742. The first kappa shape index (κ1) is 21.4. The molecule has 0 aliphatic carbocycles. The summed E-state index contributed by atoms with van der Waals surface area (Å²) in [5.74, 6) is 0. The van der Waals surface area contributed by atoms with Gasteiger partial charge in [0, 0.05) is 34.0 Å². The molecule has 0 atom stereocenters. The van der Waals surface area contributed by atoms with Crippen LogP contribution < -0.4 is 5.32 Å². The summed E-state index contributed by atoms with van der Waals surface area (Å²) in [6.45, 7) is 1.01. The summed E-state index contributed by atoms with van der Waals surface area (Å²) < 4.78 is 5.91. The summed E-state index contributed by atoms with van der Waals surface area (Å²) >= 11 is 9.65. The smallest absolute Gasteiger partial charge is 0.128 e. The molecule has 168 valence electrons. The van der Waals surface area contributed by atoms with Crippen LogP contribution in [0.25, 0.3) is 28.0 Å². The highest BCUT2D eigenvalue weighted by atomic mass is 79.9. The average Bonchev–Trinajstić information content (AvgIpc) is 3.28. The molecule has 0 bridgehead atoms. The number of nitrogens with one attached hydrogen (secondary N) is 1. The standard InChI is InChI=1S/C29H24BrN3S/c30-22-16-14-20(15-17-22)25-19-33-27(28(34)31-23-11-5-2-6-12-23)26(21-9-3-1-4-10-21)24-13-7-8-18-32(25)29(24)33/h1-6,9-12,14-17,19H,7-8,13,18H2,(H,31,34). The molecule has 0 amide bonds. The molecule has 3 nitrogen and oxygen atoms in total. The van der Waals surface area contributed by atoms with Gasteiger partial charge in [-0.05, 0) is 54.7 Å². The van der Waals surface area contributed by atoms with Crippen LogP contribution in [0.2, 0.25) is 0 Å². The van der Waals surface area contributed by atoms with E-state index in [0.29, 0.717) is 0 Å². The van der Waals surface area contributed by atoms with Gasteiger partial charge < -0.3 is 9.88 Å². The number of halogens is 1. The Morgan fingerprint density at radius 1 is 0.824 bits per heavy atom. The first-order chi connectivity index (χ1) is 16.7. The van der Waals surface area contributed by atoms with Crippen molar-refractivity contribution < 1.29 is 0 Å². The molecule has 0 radical (unpaired) electrons. The molecule has 1 N–H and O–H groups in total. The molecule has 6 rings (SSSR count). The average molecular weight is 527 g/mol. The number of imidazole rings is 1. The van der Waals surface area contributed by atoms with Crippen molar-refractivity contribution in [3.05, 3.63) is 107 Å². The molecule has 0 saturated heterocycles. The minimum absolute atomic E-state index is 0.742. The second-order valence-electron chi connectivity index (χ2n) is 8.71. The monoisotopic (exact) mass is 525 g/mol. The van der Waals surface area contributed by atoms with E-state index in [-0.39, 0.29) is 0 Å². The van der Waals surface area contributed by atoms with Gasteiger partial charge in [-0.1, -0.05) is 88.8 Å². The van der Waals surface area contributed by atoms with Gasteiger partial charge in [-0.3, -0.25) is 4.40 Å². The van der Waals surface area contributed by atoms with E-state index in [2.05, 4.69) is 103 Å². The number of para-hydroxylation sites is 1. The maximum Gasteiger partial charge on any atom is 0.128 e. The van der Waals surface area contributed by atoms with Gasteiger partial charge >= 0.3 is 0 Å². The molecule has 0 unspecified atom stereocenters. The van der Waals surface area contributed by atoms with Gasteiger partial charge in [0.25, 0.3) is 0 Å². The van der Waals surface area contributed by atoms with Crippen LogP contribution in [0.1, 0.15) is 24.1 Å². The van der Waals surface area contributed by atoms with E-state index in [0.717, 1.165) is 33.8 Å². The Labute approximate surface area is 213 Å². The lowest BCUT2D eigenvalue weighted by Crippen LogP contribution is -2.14. The molecule has 3 heterocycles. The molecule has 34 heavy (non-hydrogen) atoms. The van der Waals surface area contributed by atoms with Crippen LogP contribution in [-0.2, 0) is 13.0 Å². The number of hydrogen-bond donors (Lipinski definition) is 1. The highest BCUT2D eigenvalue weighted by Gasteiger charge is 2.28. The molecule has 3 aromatic carbocycles. The van der Waals surface area contributed by atoms with Crippen molar-refractivity contribution in [2.75, 3.05) is 5.32 Å². The fourth-order valence-electron chi connectivity index (χ4n) is 5.09. The van der Waals surface area contributed by atoms with Crippen LogP contribution in [-0.4, -0.2) is 14.0 Å². The fourth-order valence-corrected chi connectivity index (χ4v) is 5.67. The Bertz CT molecular complexity index is 1480. The molecular weight excluding hydrogens is 502 g/mol. The van der Waals surface area contributed by atoms with E-state index in [9.17, 15) is 0 Å². The zero-order valence-electron chi connectivity index (χ0n) is 18.7. The predicted molar refractivity (Wildman–Crippen MR) is 149 cm³/mol. The number of aryl methyl sites for hydroxylation is 2. The zero-order valence-corrected chi connectivity index (χ0v) is 21.1. The Morgan fingerprint density at radius 2 is 1.53 bits per heavy atom. The molecule has 2 aromatic heterocycles. The summed E-state index contributed by atoms with van der Waals surface area (Å²) in [7, 11) is 0. The Hall–Kier alpha value is -3.15. The first-order valence-electron chi connectivity index (χ1n) is 11.6. The normalized spacial score (nSPS) is 13.1. The Balaban J connectivity index is 1.62. The zero-order chi connectivity index (χ0) is 23.1. The van der Waals surface area contributed by atoms with Crippen molar-refractivity contribution >= 4 is 44.5 Å². The lowest BCUT2D eigenvalue weighted by molar-refractivity contribution is 0.647. The van der Waals surface area contributed by atoms with Gasteiger partial charge in [-0.25, -0.2) is 0 Å². The topological polar surface area (TPSA) is 21.4 Å². The SMILES string of the molecule is S=C(Nc1ccccc1)c1c(-c2ccccc2)c2c3n(c(-c4ccc(Br)cc4)cn13)CCCC2. The van der Waals surface area contributed by atoms with Gasteiger partial charge in [0.2, 0.25) is 0 Å². The minimum Gasteiger partial charge on any atom is -0.345 e. The number of rotatable bonds is 4. The summed E-state index contributed by atoms with van der Waals surface area (Å²) in [6, 6.07) is 29.5. The van der Waals surface area contributed by atoms with Crippen molar-refractivity contribution in [1.29, 1.82) is 0 Å². The van der Waals surface area contributed by atoms with Crippen LogP contribution in [0.3, 0.4) is 0 Å². The molecule has 1 aliphatic heterocycles. The van der Waals surface area contributed by atoms with Crippen LogP contribution in [0, 0.1) is 0 Å². The van der Waals surface area contributed by atoms with E-state index >= 15 is 0 Å². The third-order valence-electron chi connectivity index (χ3n) is 6.58. The first-order valence-corrected chi connectivity index (χ1v) is 12.8. The van der Waals surface area contributed by atoms with E-state index in [1.165, 1.54) is 46.4 Å². The number of thiocarbonyl (C=S) groups is 1. The van der Waals surface area contributed by atoms with Crippen molar-refractivity contribution in [1.82, 2.24) is 8.97 Å². The van der Waals surface area contributed by atoms with E-state index in [1.54, 1.807) is 0 Å². The van der Waals surface area contributed by atoms with E-state index in [1.807, 2.05) is 18.2 Å². The Morgan fingerprint density at radius 3 is 2.26 bits per heavy atom. The summed E-state index contributed by atoms with van der Waals surface area (Å²) in [5, 5.41) is 3.51. The molecule has 0 saturated carbocycles. The number of benzene rings is 3. The molecular formula is C29H24BrN3S. The largest absolute Gasteiger partial charge is 0.345 e. The van der Waals surface area contributed by atoms with E-state index < -0.39 is 0 Å². The molecule has 1 aliphatic rings. The van der Waals surface area contributed by atoms with Crippen LogP contribution in [0.15, 0.2) is 95.6 Å². The third-order valence-corrected chi connectivity index (χ3v) is 7.41.